The molecule has 0 fully saturated rings. The molecule has 3 N–H and O–H groups in total. The van der Waals surface area contributed by atoms with Crippen molar-refractivity contribution < 1.29 is 13.2 Å². The van der Waals surface area contributed by atoms with Crippen LogP contribution in [0.25, 0.3) is 0 Å². The molecule has 94 valence electrons. The molecule has 0 radical (unpaired) electrons. The van der Waals surface area contributed by atoms with Crippen LogP contribution in [0.1, 0.15) is 6.42 Å². The van der Waals surface area contributed by atoms with Gasteiger partial charge < -0.3 is 15.8 Å². The quantitative estimate of drug-likeness (QED) is 0.828. The first-order valence-corrected chi connectivity index (χ1v) is 7.09. The van der Waals surface area contributed by atoms with Gasteiger partial charge in [-0.15, -0.1) is 0 Å². The highest BCUT2D eigenvalue weighted by atomic mass is 32.2. The van der Waals surface area contributed by atoms with Gasteiger partial charge in [0.05, 0.1) is 23.4 Å². The summed E-state index contributed by atoms with van der Waals surface area (Å²) >= 11 is 0. The summed E-state index contributed by atoms with van der Waals surface area (Å²) in [5.74, 6) is 0.739. The Kier molecular flexibility index (Phi) is 3.26. The summed E-state index contributed by atoms with van der Waals surface area (Å²) in [6, 6.07) is 4.82. The van der Waals surface area contributed by atoms with Crippen molar-refractivity contribution in [2.24, 2.45) is 5.73 Å². The van der Waals surface area contributed by atoms with Crippen LogP contribution in [0, 0.1) is 0 Å². The van der Waals surface area contributed by atoms with E-state index in [1.807, 2.05) is 0 Å². The van der Waals surface area contributed by atoms with E-state index in [4.69, 9.17) is 10.5 Å². The second-order valence-corrected chi connectivity index (χ2v) is 6.06. The molecular formula is C11H16N2O3S. The fraction of sp³-hybridized carbons (Fsp3) is 0.455. The SMILES string of the molecule is COc1ccc2c(c1)NC(CCN)CS2(=O)=O. The van der Waals surface area contributed by atoms with Crippen LogP contribution in [-0.4, -0.2) is 33.9 Å². The van der Waals surface area contributed by atoms with Crippen LogP contribution in [0.2, 0.25) is 0 Å². The number of benzene rings is 1. The Bertz CT molecular complexity index is 513. The van der Waals surface area contributed by atoms with E-state index in [0.29, 0.717) is 29.3 Å². The lowest BCUT2D eigenvalue weighted by Gasteiger charge is -2.26. The summed E-state index contributed by atoms with van der Waals surface area (Å²) in [7, 11) is -1.66. The minimum absolute atomic E-state index is 0.101. The number of sulfone groups is 1. The van der Waals surface area contributed by atoms with Crippen molar-refractivity contribution in [2.75, 3.05) is 24.7 Å². The maximum Gasteiger partial charge on any atom is 0.182 e. The molecule has 0 aromatic heterocycles. The fourth-order valence-electron chi connectivity index (χ4n) is 1.99. The molecule has 0 saturated heterocycles. The van der Waals surface area contributed by atoms with E-state index in [-0.39, 0.29) is 11.8 Å². The Morgan fingerprint density at radius 2 is 2.29 bits per heavy atom. The monoisotopic (exact) mass is 256 g/mol. The van der Waals surface area contributed by atoms with Crippen LogP contribution in [0.4, 0.5) is 5.69 Å². The second-order valence-electron chi connectivity index (χ2n) is 4.06. The first-order valence-electron chi connectivity index (χ1n) is 5.44. The van der Waals surface area contributed by atoms with Crippen molar-refractivity contribution in [3.05, 3.63) is 18.2 Å². The molecule has 0 aliphatic carbocycles. The zero-order valence-electron chi connectivity index (χ0n) is 9.64. The highest BCUT2D eigenvalue weighted by molar-refractivity contribution is 7.91. The Hall–Kier alpha value is -1.27. The van der Waals surface area contributed by atoms with E-state index in [2.05, 4.69) is 5.32 Å². The van der Waals surface area contributed by atoms with Gasteiger partial charge in [-0.2, -0.15) is 0 Å². The van der Waals surface area contributed by atoms with Gasteiger partial charge in [-0.05, 0) is 25.1 Å². The summed E-state index contributed by atoms with van der Waals surface area (Å²) in [6.07, 6.45) is 0.635. The van der Waals surface area contributed by atoms with Gasteiger partial charge in [0.1, 0.15) is 5.75 Å². The number of rotatable bonds is 3. The lowest BCUT2D eigenvalue weighted by Crippen LogP contribution is -2.35. The average molecular weight is 256 g/mol. The minimum Gasteiger partial charge on any atom is -0.497 e. The van der Waals surface area contributed by atoms with Crippen molar-refractivity contribution in [1.29, 1.82) is 0 Å². The summed E-state index contributed by atoms with van der Waals surface area (Å²) in [5, 5.41) is 3.19. The minimum atomic E-state index is -3.21. The van der Waals surface area contributed by atoms with E-state index in [9.17, 15) is 8.42 Å². The normalized spacial score (nSPS) is 21.4. The molecule has 1 aliphatic rings. The van der Waals surface area contributed by atoms with Gasteiger partial charge in [-0.1, -0.05) is 0 Å². The molecule has 5 nitrogen and oxygen atoms in total. The fourth-order valence-corrected chi connectivity index (χ4v) is 3.68. The van der Waals surface area contributed by atoms with Crippen LogP contribution < -0.4 is 15.8 Å². The molecule has 2 rings (SSSR count). The number of ether oxygens (including phenoxy) is 1. The Balaban J connectivity index is 2.42. The number of hydrogen-bond donors (Lipinski definition) is 2. The molecule has 17 heavy (non-hydrogen) atoms. The van der Waals surface area contributed by atoms with Crippen LogP contribution in [0.5, 0.6) is 5.75 Å². The molecule has 0 bridgehead atoms. The maximum atomic E-state index is 12.0. The summed E-state index contributed by atoms with van der Waals surface area (Å²) in [6.45, 7) is 0.465. The van der Waals surface area contributed by atoms with Gasteiger partial charge in [-0.3, -0.25) is 0 Å². The lowest BCUT2D eigenvalue weighted by atomic mass is 10.2. The van der Waals surface area contributed by atoms with Gasteiger partial charge in [0, 0.05) is 12.1 Å². The molecule has 1 aliphatic heterocycles. The molecule has 1 atom stereocenters. The van der Waals surface area contributed by atoms with Gasteiger partial charge in [0.25, 0.3) is 0 Å². The van der Waals surface area contributed by atoms with Crippen LogP contribution in [0.3, 0.4) is 0 Å². The van der Waals surface area contributed by atoms with Crippen molar-refractivity contribution in [2.45, 2.75) is 17.4 Å². The molecule has 6 heteroatoms. The second kappa shape index (κ2) is 4.54. The highest BCUT2D eigenvalue weighted by Gasteiger charge is 2.29. The number of nitrogens with two attached hydrogens (primary N) is 1. The molecule has 1 aromatic rings. The van der Waals surface area contributed by atoms with E-state index in [0.717, 1.165) is 0 Å². The standard InChI is InChI=1S/C11H16N2O3S/c1-16-9-2-3-11-10(6-9)13-8(4-5-12)7-17(11,14)15/h2-3,6,8,13H,4-5,7,12H2,1H3. The Labute approximate surface area is 101 Å². The molecule has 0 amide bonds. The first kappa shape index (κ1) is 12.2. The van der Waals surface area contributed by atoms with Gasteiger partial charge in [-0.25, -0.2) is 8.42 Å². The highest BCUT2D eigenvalue weighted by Crippen LogP contribution is 2.32. The molecule has 1 heterocycles. The van der Waals surface area contributed by atoms with Crippen LogP contribution in [-0.2, 0) is 9.84 Å². The molecule has 0 saturated carbocycles. The third-order valence-corrected chi connectivity index (χ3v) is 4.68. The van der Waals surface area contributed by atoms with Crippen molar-refractivity contribution in [3.63, 3.8) is 0 Å². The number of fused-ring (bicyclic) bond motifs is 1. The van der Waals surface area contributed by atoms with Crippen LogP contribution in [0.15, 0.2) is 23.1 Å². The Morgan fingerprint density at radius 3 is 2.94 bits per heavy atom. The zero-order chi connectivity index (χ0) is 12.5. The summed E-state index contributed by atoms with van der Waals surface area (Å²) in [5.41, 5.74) is 6.07. The summed E-state index contributed by atoms with van der Waals surface area (Å²) in [4.78, 5) is 0.339. The number of anilines is 1. The molecular weight excluding hydrogens is 240 g/mol. The predicted octanol–water partition coefficient (Wildman–Crippen LogP) is 0.612. The van der Waals surface area contributed by atoms with E-state index < -0.39 is 9.84 Å². The first-order chi connectivity index (χ1) is 8.06. The number of hydrogen-bond acceptors (Lipinski definition) is 5. The van der Waals surface area contributed by atoms with E-state index >= 15 is 0 Å². The lowest BCUT2D eigenvalue weighted by molar-refractivity contribution is 0.414. The largest absolute Gasteiger partial charge is 0.497 e. The van der Waals surface area contributed by atoms with Crippen molar-refractivity contribution >= 4 is 15.5 Å². The topological polar surface area (TPSA) is 81.4 Å². The third-order valence-electron chi connectivity index (χ3n) is 2.82. The summed E-state index contributed by atoms with van der Waals surface area (Å²) < 4.78 is 29.2. The number of nitrogens with one attached hydrogen (secondary N) is 1. The van der Waals surface area contributed by atoms with Crippen molar-refractivity contribution in [1.82, 2.24) is 0 Å². The maximum absolute atomic E-state index is 12.0. The zero-order valence-corrected chi connectivity index (χ0v) is 10.5. The van der Waals surface area contributed by atoms with Crippen molar-refractivity contribution in [3.8, 4) is 5.75 Å². The van der Waals surface area contributed by atoms with Gasteiger partial charge in [0.2, 0.25) is 0 Å². The van der Waals surface area contributed by atoms with Crippen LogP contribution >= 0.6 is 0 Å². The average Bonchev–Trinajstić information content (AvgIpc) is 2.27. The van der Waals surface area contributed by atoms with Gasteiger partial charge in [0.15, 0.2) is 9.84 Å². The molecule has 1 aromatic carbocycles. The predicted molar refractivity (Wildman–Crippen MR) is 66.1 cm³/mol. The third kappa shape index (κ3) is 2.37. The van der Waals surface area contributed by atoms with E-state index in [1.165, 1.54) is 0 Å². The molecule has 1 unspecified atom stereocenters. The smallest absolute Gasteiger partial charge is 0.182 e. The number of methoxy groups -OCH3 is 1. The van der Waals surface area contributed by atoms with Gasteiger partial charge >= 0.3 is 0 Å². The Morgan fingerprint density at radius 1 is 1.53 bits per heavy atom. The van der Waals surface area contributed by atoms with E-state index in [1.54, 1.807) is 25.3 Å². The molecule has 0 spiro atoms.